The first-order valence-corrected chi connectivity index (χ1v) is 7.44. The lowest BCUT2D eigenvalue weighted by Crippen LogP contribution is -2.24. The molecule has 0 saturated carbocycles. The van der Waals surface area contributed by atoms with E-state index in [1.54, 1.807) is 0 Å². The smallest absolute Gasteiger partial charge is 0.231 e. The monoisotopic (exact) mass is 277 g/mol. The molecule has 1 aromatic carbocycles. The predicted molar refractivity (Wildman–Crippen MR) is 77.0 cm³/mol. The maximum Gasteiger partial charge on any atom is 0.231 e. The Hall–Kier alpha value is -1.26. The highest BCUT2D eigenvalue weighted by Crippen LogP contribution is 2.36. The van der Waals surface area contributed by atoms with Crippen LogP contribution in [0.1, 0.15) is 25.8 Å². The maximum absolute atomic E-state index is 5.93. The normalized spacial score (nSPS) is 21.9. The van der Waals surface area contributed by atoms with Gasteiger partial charge in [0.1, 0.15) is 0 Å². The van der Waals surface area contributed by atoms with E-state index < -0.39 is 0 Å². The number of hydrogen-bond donors (Lipinski definition) is 0. The van der Waals surface area contributed by atoms with Crippen LogP contribution in [0.5, 0.6) is 11.5 Å². The van der Waals surface area contributed by atoms with Crippen molar-refractivity contribution in [3.63, 3.8) is 0 Å². The molecule has 0 aromatic heterocycles. The molecule has 1 aromatic rings. The summed E-state index contributed by atoms with van der Waals surface area (Å²) >= 11 is 0. The number of fused-ring (bicyclic) bond motifs is 1. The molecule has 4 heteroatoms. The summed E-state index contributed by atoms with van der Waals surface area (Å²) in [7, 11) is 0. The maximum atomic E-state index is 5.93. The summed E-state index contributed by atoms with van der Waals surface area (Å²) in [4.78, 5) is 2.43. The molecule has 0 spiro atoms. The minimum absolute atomic E-state index is 0.340. The van der Waals surface area contributed by atoms with Crippen LogP contribution in [0.3, 0.4) is 0 Å². The van der Waals surface area contributed by atoms with Gasteiger partial charge in [0.25, 0.3) is 0 Å². The predicted octanol–water partition coefficient (Wildman–Crippen LogP) is 2.66. The summed E-state index contributed by atoms with van der Waals surface area (Å²) in [5.41, 5.74) is 1.21. The van der Waals surface area contributed by atoms with Gasteiger partial charge in [-0.25, -0.2) is 0 Å². The van der Waals surface area contributed by atoms with Crippen LogP contribution in [0.15, 0.2) is 18.2 Å². The average Bonchev–Trinajstić information content (AvgIpc) is 3.05. The molecule has 0 N–H and O–H groups in total. The van der Waals surface area contributed by atoms with Gasteiger partial charge in [0.05, 0.1) is 6.10 Å². The van der Waals surface area contributed by atoms with E-state index in [-0.39, 0.29) is 0 Å². The average molecular weight is 277 g/mol. The first-order chi connectivity index (χ1) is 9.72. The summed E-state index contributed by atoms with van der Waals surface area (Å²) in [6.45, 7) is 8.59. The Bertz CT molecular complexity index is 461. The highest BCUT2D eigenvalue weighted by atomic mass is 16.7. The lowest BCUT2D eigenvalue weighted by molar-refractivity contribution is 0.0412. The van der Waals surface area contributed by atoms with E-state index in [4.69, 9.17) is 14.2 Å². The molecule has 0 radical (unpaired) electrons. The fourth-order valence-corrected chi connectivity index (χ4v) is 2.76. The Kier molecular flexibility index (Phi) is 4.13. The zero-order valence-corrected chi connectivity index (χ0v) is 12.3. The topological polar surface area (TPSA) is 30.9 Å². The molecule has 4 nitrogen and oxygen atoms in total. The van der Waals surface area contributed by atoms with Gasteiger partial charge in [-0.2, -0.15) is 0 Å². The number of para-hydroxylation sites is 1. The van der Waals surface area contributed by atoms with Crippen molar-refractivity contribution < 1.29 is 14.2 Å². The van der Waals surface area contributed by atoms with E-state index in [2.05, 4.69) is 24.8 Å². The molecule has 110 valence electrons. The van der Waals surface area contributed by atoms with Crippen molar-refractivity contribution in [3.05, 3.63) is 23.8 Å². The van der Waals surface area contributed by atoms with Gasteiger partial charge in [-0.1, -0.05) is 26.0 Å². The zero-order chi connectivity index (χ0) is 13.9. The molecule has 0 aliphatic carbocycles. The number of rotatable bonds is 5. The minimum Gasteiger partial charge on any atom is -0.454 e. The number of likely N-dealkylation sites (tertiary alicyclic amines) is 1. The van der Waals surface area contributed by atoms with Gasteiger partial charge >= 0.3 is 0 Å². The minimum atomic E-state index is 0.340. The number of ether oxygens (including phenoxy) is 3. The number of benzene rings is 1. The van der Waals surface area contributed by atoms with Crippen LogP contribution in [-0.2, 0) is 11.3 Å². The van der Waals surface area contributed by atoms with E-state index >= 15 is 0 Å². The first-order valence-electron chi connectivity index (χ1n) is 7.44. The highest BCUT2D eigenvalue weighted by Gasteiger charge is 2.25. The van der Waals surface area contributed by atoms with Gasteiger partial charge in [0.2, 0.25) is 6.79 Å². The van der Waals surface area contributed by atoms with Gasteiger partial charge < -0.3 is 14.2 Å². The number of hydrogen-bond acceptors (Lipinski definition) is 4. The van der Waals surface area contributed by atoms with Gasteiger partial charge in [-0.3, -0.25) is 4.90 Å². The van der Waals surface area contributed by atoms with E-state index in [0.717, 1.165) is 44.2 Å². The second kappa shape index (κ2) is 6.02. The summed E-state index contributed by atoms with van der Waals surface area (Å²) in [5, 5.41) is 0. The molecule has 1 unspecified atom stereocenters. The van der Waals surface area contributed by atoms with E-state index in [0.29, 0.717) is 18.8 Å². The molecule has 3 rings (SSSR count). The SMILES string of the molecule is CC(C)COC1CCN(Cc2cccc3c2OCO3)C1. The Morgan fingerprint density at radius 1 is 1.35 bits per heavy atom. The largest absolute Gasteiger partial charge is 0.454 e. The van der Waals surface area contributed by atoms with Crippen molar-refractivity contribution in [3.8, 4) is 11.5 Å². The molecule has 1 atom stereocenters. The first kappa shape index (κ1) is 13.7. The van der Waals surface area contributed by atoms with Crippen molar-refractivity contribution in [1.29, 1.82) is 0 Å². The Morgan fingerprint density at radius 3 is 3.10 bits per heavy atom. The summed E-state index contributed by atoms with van der Waals surface area (Å²) in [5.74, 6) is 2.39. The van der Waals surface area contributed by atoms with Gasteiger partial charge in [0, 0.05) is 31.8 Å². The Morgan fingerprint density at radius 2 is 2.25 bits per heavy atom. The summed E-state index contributed by atoms with van der Waals surface area (Å²) in [6.07, 6.45) is 1.50. The van der Waals surface area contributed by atoms with Gasteiger partial charge in [-0.15, -0.1) is 0 Å². The van der Waals surface area contributed by atoms with E-state index in [1.807, 2.05) is 12.1 Å². The molecule has 20 heavy (non-hydrogen) atoms. The van der Waals surface area contributed by atoms with Crippen molar-refractivity contribution in [2.45, 2.75) is 32.9 Å². The quantitative estimate of drug-likeness (QED) is 0.828. The van der Waals surface area contributed by atoms with Crippen LogP contribution < -0.4 is 9.47 Å². The van der Waals surface area contributed by atoms with Crippen LogP contribution in [0, 0.1) is 5.92 Å². The standard InChI is InChI=1S/C16H23NO3/c1-12(2)10-18-14-6-7-17(9-14)8-13-4-3-5-15-16(13)20-11-19-15/h3-5,12,14H,6-11H2,1-2H3. The molecule has 2 heterocycles. The van der Waals surface area contributed by atoms with Gasteiger partial charge in [-0.05, 0) is 18.4 Å². The molecular weight excluding hydrogens is 254 g/mol. The van der Waals surface area contributed by atoms with Crippen molar-refractivity contribution in [2.24, 2.45) is 5.92 Å². The summed E-state index contributed by atoms with van der Waals surface area (Å²) < 4.78 is 16.9. The molecule has 0 bridgehead atoms. The lowest BCUT2D eigenvalue weighted by atomic mass is 10.2. The molecule has 1 saturated heterocycles. The molecule has 2 aliphatic rings. The van der Waals surface area contributed by atoms with E-state index in [1.165, 1.54) is 5.56 Å². The zero-order valence-electron chi connectivity index (χ0n) is 12.3. The second-order valence-electron chi connectivity index (χ2n) is 6.02. The third-order valence-corrected chi connectivity index (χ3v) is 3.77. The van der Waals surface area contributed by atoms with Crippen LogP contribution >= 0.6 is 0 Å². The van der Waals surface area contributed by atoms with Crippen molar-refractivity contribution >= 4 is 0 Å². The van der Waals surface area contributed by atoms with Crippen LogP contribution in [-0.4, -0.2) is 37.5 Å². The van der Waals surface area contributed by atoms with Crippen molar-refractivity contribution in [1.82, 2.24) is 4.90 Å². The Labute approximate surface area is 120 Å². The highest BCUT2D eigenvalue weighted by molar-refractivity contribution is 5.48. The third kappa shape index (κ3) is 3.07. The van der Waals surface area contributed by atoms with Crippen LogP contribution in [0.4, 0.5) is 0 Å². The van der Waals surface area contributed by atoms with Crippen LogP contribution in [0.25, 0.3) is 0 Å². The molecule has 2 aliphatic heterocycles. The fraction of sp³-hybridized carbons (Fsp3) is 0.625. The van der Waals surface area contributed by atoms with Gasteiger partial charge in [0.15, 0.2) is 11.5 Å². The molecule has 1 fully saturated rings. The Balaban J connectivity index is 1.56. The second-order valence-corrected chi connectivity index (χ2v) is 6.02. The van der Waals surface area contributed by atoms with Crippen LogP contribution in [0.2, 0.25) is 0 Å². The third-order valence-electron chi connectivity index (χ3n) is 3.77. The summed E-state index contributed by atoms with van der Waals surface area (Å²) in [6, 6.07) is 6.12. The molecule has 0 amide bonds. The van der Waals surface area contributed by atoms with Crippen molar-refractivity contribution in [2.75, 3.05) is 26.5 Å². The lowest BCUT2D eigenvalue weighted by Gasteiger charge is -2.18. The van der Waals surface area contributed by atoms with E-state index in [9.17, 15) is 0 Å². The molecular formula is C16H23NO3. The fourth-order valence-electron chi connectivity index (χ4n) is 2.76. The number of nitrogens with zero attached hydrogens (tertiary/aromatic N) is 1.